The third-order valence-corrected chi connectivity index (χ3v) is 8.88. The van der Waals surface area contributed by atoms with Crippen LogP contribution in [-0.4, -0.2) is 56.0 Å². The van der Waals surface area contributed by atoms with E-state index >= 15 is 0 Å². The molecule has 0 spiro atoms. The second-order valence-electron chi connectivity index (χ2n) is 12.1. The van der Waals surface area contributed by atoms with Crippen molar-refractivity contribution in [3.8, 4) is 0 Å². The van der Waals surface area contributed by atoms with Crippen LogP contribution in [0.3, 0.4) is 0 Å². The standard InChI is InChI=1S/C17H21N5O.C15H15ClN4O/c1-10-9-13(18)19-11-7-8-17(2,16(23)15(10)11)12-5-6-14(21-20-12)22(3)4;1-8-7-12(17)18-9-5-6-15(2,14(21)13(8)9)10-3-4-11(16)20-19-10/h5-6,9H,7-8H2,1-4H3,(H2,18,19);3-4,7H,5-6H2,1-2H3,(H2,17,18). The summed E-state index contributed by atoms with van der Waals surface area (Å²) in [7, 11) is 3.82. The number of fused-ring (bicyclic) bond motifs is 2. The van der Waals surface area contributed by atoms with Crippen LogP contribution < -0.4 is 16.4 Å². The van der Waals surface area contributed by atoms with E-state index in [0.717, 1.165) is 28.3 Å². The second-order valence-corrected chi connectivity index (χ2v) is 12.5. The lowest BCUT2D eigenvalue weighted by atomic mass is 9.70. The van der Waals surface area contributed by atoms with Gasteiger partial charge in [-0.3, -0.25) is 9.59 Å². The lowest BCUT2D eigenvalue weighted by Gasteiger charge is -2.33. The highest BCUT2D eigenvalue weighted by Gasteiger charge is 2.44. The minimum atomic E-state index is -0.701. The largest absolute Gasteiger partial charge is 0.384 e. The molecule has 2 aliphatic rings. The number of carbonyl (C=O) groups excluding carboxylic acids is 2. The number of carbonyl (C=O) groups is 2. The molecule has 0 bridgehead atoms. The number of aryl methyl sites for hydroxylation is 4. The van der Waals surface area contributed by atoms with Crippen LogP contribution in [0.4, 0.5) is 17.5 Å². The summed E-state index contributed by atoms with van der Waals surface area (Å²) in [6.07, 6.45) is 2.68. The molecule has 0 fully saturated rings. The van der Waals surface area contributed by atoms with Crippen molar-refractivity contribution in [1.29, 1.82) is 0 Å². The van der Waals surface area contributed by atoms with Gasteiger partial charge < -0.3 is 16.4 Å². The van der Waals surface area contributed by atoms with Gasteiger partial charge in [0, 0.05) is 25.2 Å². The van der Waals surface area contributed by atoms with E-state index in [-0.39, 0.29) is 11.6 Å². The Bertz CT molecular complexity index is 1760. The van der Waals surface area contributed by atoms with Crippen molar-refractivity contribution in [3.63, 3.8) is 0 Å². The predicted octanol–water partition coefficient (Wildman–Crippen LogP) is 4.42. The topological polar surface area (TPSA) is 167 Å². The molecule has 0 radical (unpaired) electrons. The van der Waals surface area contributed by atoms with Gasteiger partial charge in [0.05, 0.1) is 33.6 Å². The monoisotopic (exact) mass is 613 g/mol. The molecule has 0 aliphatic heterocycles. The Balaban J connectivity index is 0.000000175. The highest BCUT2D eigenvalue weighted by atomic mass is 35.5. The fourth-order valence-corrected chi connectivity index (χ4v) is 6.09. The van der Waals surface area contributed by atoms with Crippen molar-refractivity contribution in [2.45, 2.75) is 64.2 Å². The lowest BCUT2D eigenvalue weighted by molar-refractivity contribution is 0.0862. The smallest absolute Gasteiger partial charge is 0.176 e. The SMILES string of the molecule is Cc1cc(N)nc2c1C(=O)C(C)(c1ccc(Cl)nn1)CC2.Cc1cc(N)nc2c1C(=O)C(C)(c1ccc(N(C)C)nn1)CC2. The highest BCUT2D eigenvalue weighted by Crippen LogP contribution is 2.39. The Morgan fingerprint density at radius 3 is 1.57 bits per heavy atom. The van der Waals surface area contributed by atoms with E-state index in [1.165, 1.54) is 0 Å². The number of nitrogens with zero attached hydrogens (tertiary/aromatic N) is 7. The number of aromatic nitrogens is 6. The molecule has 228 valence electrons. The maximum atomic E-state index is 13.1. The summed E-state index contributed by atoms with van der Waals surface area (Å²) in [4.78, 5) is 36.6. The van der Waals surface area contributed by atoms with Gasteiger partial charge >= 0.3 is 0 Å². The van der Waals surface area contributed by atoms with Crippen molar-refractivity contribution in [2.75, 3.05) is 30.5 Å². The average Bonchev–Trinajstić information content (AvgIpc) is 2.97. The maximum Gasteiger partial charge on any atom is 0.176 e. The fourth-order valence-electron chi connectivity index (χ4n) is 5.99. The van der Waals surface area contributed by atoms with Gasteiger partial charge in [-0.2, -0.15) is 10.2 Å². The van der Waals surface area contributed by atoms with Gasteiger partial charge in [0.15, 0.2) is 22.5 Å². The van der Waals surface area contributed by atoms with Gasteiger partial charge in [0.2, 0.25) is 0 Å². The number of ketones is 2. The second kappa shape index (κ2) is 11.5. The van der Waals surface area contributed by atoms with Crippen LogP contribution in [0.5, 0.6) is 0 Å². The van der Waals surface area contributed by atoms with E-state index in [2.05, 4.69) is 30.4 Å². The van der Waals surface area contributed by atoms with E-state index in [9.17, 15) is 9.59 Å². The van der Waals surface area contributed by atoms with Crippen molar-refractivity contribution in [3.05, 3.63) is 86.6 Å². The van der Waals surface area contributed by atoms with Crippen LogP contribution in [0, 0.1) is 13.8 Å². The quantitative estimate of drug-likeness (QED) is 0.336. The molecule has 4 heterocycles. The first-order chi connectivity index (χ1) is 20.7. The Morgan fingerprint density at radius 1 is 0.727 bits per heavy atom. The van der Waals surface area contributed by atoms with Crippen LogP contribution in [0.1, 0.15) is 81.3 Å². The number of halogens is 1. The lowest BCUT2D eigenvalue weighted by Crippen LogP contribution is -2.39. The molecule has 0 saturated carbocycles. The van der Waals surface area contributed by atoms with Crippen LogP contribution >= 0.6 is 11.6 Å². The summed E-state index contributed by atoms with van der Waals surface area (Å²) in [5.74, 6) is 1.76. The van der Waals surface area contributed by atoms with E-state index < -0.39 is 10.8 Å². The number of hydrogen-bond donors (Lipinski definition) is 2. The van der Waals surface area contributed by atoms with Gasteiger partial charge in [-0.1, -0.05) is 11.6 Å². The van der Waals surface area contributed by atoms with Gasteiger partial charge in [-0.15, -0.1) is 10.2 Å². The summed E-state index contributed by atoms with van der Waals surface area (Å²) >= 11 is 5.77. The minimum absolute atomic E-state index is 0.0189. The number of nitrogens with two attached hydrogens (primary N) is 2. The third kappa shape index (κ3) is 5.47. The molecular weight excluding hydrogens is 578 g/mol. The number of hydrogen-bond acceptors (Lipinski definition) is 11. The van der Waals surface area contributed by atoms with Crippen LogP contribution in [0.15, 0.2) is 36.4 Å². The number of pyridine rings is 2. The Kier molecular flexibility index (Phi) is 8.11. The fraction of sp³-hybridized carbons (Fsp3) is 0.375. The number of rotatable bonds is 3. The van der Waals surface area contributed by atoms with Crippen molar-refractivity contribution in [2.24, 2.45) is 0 Å². The van der Waals surface area contributed by atoms with Gasteiger partial charge in [0.25, 0.3) is 0 Å². The first-order valence-corrected chi connectivity index (χ1v) is 14.7. The van der Waals surface area contributed by atoms with E-state index in [1.807, 2.05) is 58.8 Å². The molecule has 0 aromatic carbocycles. The van der Waals surface area contributed by atoms with Gasteiger partial charge in [0.1, 0.15) is 11.6 Å². The Labute approximate surface area is 261 Å². The number of nitrogen functional groups attached to an aromatic ring is 2. The molecule has 0 amide bonds. The van der Waals surface area contributed by atoms with Crippen LogP contribution in [-0.2, 0) is 23.7 Å². The van der Waals surface area contributed by atoms with Gasteiger partial charge in [-0.05, 0) is 101 Å². The zero-order valence-corrected chi connectivity index (χ0v) is 26.5. The van der Waals surface area contributed by atoms with Gasteiger partial charge in [-0.25, -0.2) is 9.97 Å². The molecule has 0 saturated heterocycles. The van der Waals surface area contributed by atoms with Crippen molar-refractivity contribution >= 4 is 40.6 Å². The summed E-state index contributed by atoms with van der Waals surface area (Å²) in [6.45, 7) is 7.62. The molecule has 44 heavy (non-hydrogen) atoms. The summed E-state index contributed by atoms with van der Waals surface area (Å²) in [5.41, 5.74) is 16.2. The minimum Gasteiger partial charge on any atom is -0.384 e. The first-order valence-electron chi connectivity index (χ1n) is 14.4. The summed E-state index contributed by atoms with van der Waals surface area (Å²) < 4.78 is 0. The van der Waals surface area contributed by atoms with Crippen molar-refractivity contribution < 1.29 is 9.59 Å². The zero-order chi connectivity index (χ0) is 32.0. The molecule has 2 aliphatic carbocycles. The predicted molar refractivity (Wildman–Crippen MR) is 170 cm³/mol. The summed E-state index contributed by atoms with van der Waals surface area (Å²) in [6, 6.07) is 10.7. The molecule has 11 nitrogen and oxygen atoms in total. The molecule has 12 heteroatoms. The molecule has 6 rings (SSSR count). The Morgan fingerprint density at radius 2 is 1.18 bits per heavy atom. The van der Waals surface area contributed by atoms with E-state index in [1.54, 1.807) is 24.3 Å². The molecule has 4 aromatic heterocycles. The van der Waals surface area contributed by atoms with Crippen LogP contribution in [0.2, 0.25) is 5.15 Å². The van der Waals surface area contributed by atoms with E-state index in [4.69, 9.17) is 23.1 Å². The molecule has 2 atom stereocenters. The zero-order valence-electron chi connectivity index (χ0n) is 25.8. The van der Waals surface area contributed by atoms with E-state index in [0.29, 0.717) is 65.0 Å². The van der Waals surface area contributed by atoms with Crippen LogP contribution in [0.25, 0.3) is 0 Å². The normalized spacial score (nSPS) is 20.7. The molecule has 4 N–H and O–H groups in total. The van der Waals surface area contributed by atoms with Crippen molar-refractivity contribution in [1.82, 2.24) is 30.4 Å². The third-order valence-electron chi connectivity index (χ3n) is 8.67. The summed E-state index contributed by atoms with van der Waals surface area (Å²) in [5, 5.41) is 16.8. The average molecular weight is 614 g/mol. The maximum absolute atomic E-state index is 13.1. The Hall–Kier alpha value is -4.51. The number of Topliss-reactive ketones (excluding diaryl/α,β-unsaturated/α-hetero) is 2. The highest BCUT2D eigenvalue weighted by molar-refractivity contribution is 6.29. The first kappa shape index (κ1) is 30.9. The molecule has 2 unspecified atom stereocenters. The molecule has 4 aromatic rings. The number of anilines is 3. The molecular formula is C32H36ClN9O2.